The molecule has 13 heavy (non-hydrogen) atoms. The fourth-order valence-electron chi connectivity index (χ4n) is 0.248. The maximum absolute atomic E-state index is 10.9. The number of hydrogen-bond donors (Lipinski definition) is 5. The van der Waals surface area contributed by atoms with E-state index in [1.54, 1.807) is 0 Å². The lowest BCUT2D eigenvalue weighted by Gasteiger charge is -2.15. The SMILES string of the molecule is O=C(OC(=O)C(S)(S)SS)C(O)O. The predicted octanol–water partition coefficient (Wildman–Crippen LogP) is -0.542. The number of rotatable bonds is 3. The second-order valence-electron chi connectivity index (χ2n) is 1.78. The summed E-state index contributed by atoms with van der Waals surface area (Å²) in [4.78, 5) is 21.4. The van der Waals surface area contributed by atoms with Crippen LogP contribution in [0.2, 0.25) is 0 Å². The first-order valence-corrected chi connectivity index (χ1v) is 5.47. The van der Waals surface area contributed by atoms with Crippen molar-refractivity contribution in [2.75, 3.05) is 0 Å². The first-order chi connectivity index (χ1) is 5.81. The molecule has 0 bridgehead atoms. The first-order valence-electron chi connectivity index (χ1n) is 2.71. The average Bonchev–Trinajstić information content (AvgIpc) is 2.04. The summed E-state index contributed by atoms with van der Waals surface area (Å²) >= 11 is 11.0. The molecule has 0 heterocycles. The highest BCUT2D eigenvalue weighted by Crippen LogP contribution is 2.37. The fourth-order valence-corrected chi connectivity index (χ4v) is 0.679. The van der Waals surface area contributed by atoms with Gasteiger partial charge in [0, 0.05) is 0 Å². The number of thiol groups is 3. The third kappa shape index (κ3) is 4.47. The third-order valence-electron chi connectivity index (χ3n) is 0.797. The van der Waals surface area contributed by atoms with E-state index in [-0.39, 0.29) is 0 Å². The van der Waals surface area contributed by atoms with Crippen LogP contribution in [-0.4, -0.2) is 31.9 Å². The molecule has 0 fully saturated rings. The number of carbonyl (C=O) groups is 2. The molecular weight excluding hydrogens is 256 g/mol. The summed E-state index contributed by atoms with van der Waals surface area (Å²) in [6, 6.07) is 0. The van der Waals surface area contributed by atoms with Gasteiger partial charge in [-0.1, -0.05) is 10.8 Å². The van der Waals surface area contributed by atoms with Crippen molar-refractivity contribution in [3.63, 3.8) is 0 Å². The van der Waals surface area contributed by atoms with Crippen LogP contribution in [0.25, 0.3) is 0 Å². The van der Waals surface area contributed by atoms with E-state index in [1.807, 2.05) is 0 Å². The Kier molecular flexibility index (Phi) is 5.56. The van der Waals surface area contributed by atoms with Crippen molar-refractivity contribution in [3.8, 4) is 0 Å². The van der Waals surface area contributed by atoms with Gasteiger partial charge in [-0.2, -0.15) is 0 Å². The van der Waals surface area contributed by atoms with E-state index in [9.17, 15) is 9.59 Å². The molecular formula is C4H6O5S4. The van der Waals surface area contributed by atoms with Gasteiger partial charge in [-0.25, -0.2) is 9.59 Å². The van der Waals surface area contributed by atoms with Crippen molar-refractivity contribution in [1.29, 1.82) is 0 Å². The van der Waals surface area contributed by atoms with E-state index in [2.05, 4.69) is 41.7 Å². The van der Waals surface area contributed by atoms with Crippen LogP contribution >= 0.6 is 47.7 Å². The Labute approximate surface area is 93.8 Å². The summed E-state index contributed by atoms with van der Waals surface area (Å²) in [6.45, 7) is 0. The number of aliphatic hydroxyl groups excluding tert-OH is 1. The van der Waals surface area contributed by atoms with Crippen LogP contribution in [0, 0.1) is 0 Å². The van der Waals surface area contributed by atoms with E-state index in [1.165, 1.54) is 0 Å². The average molecular weight is 262 g/mol. The number of esters is 2. The van der Waals surface area contributed by atoms with E-state index >= 15 is 0 Å². The van der Waals surface area contributed by atoms with Crippen LogP contribution in [0.5, 0.6) is 0 Å². The van der Waals surface area contributed by atoms with Gasteiger partial charge in [-0.05, 0) is 0 Å². The maximum atomic E-state index is 10.9. The minimum absolute atomic E-state index is 0.622. The van der Waals surface area contributed by atoms with Crippen molar-refractivity contribution < 1.29 is 24.5 Å². The highest BCUT2D eigenvalue weighted by molar-refractivity contribution is 8.73. The van der Waals surface area contributed by atoms with Gasteiger partial charge in [-0.3, -0.25) is 0 Å². The molecule has 0 saturated heterocycles. The molecule has 0 saturated carbocycles. The van der Waals surface area contributed by atoms with E-state index in [4.69, 9.17) is 10.2 Å². The molecule has 0 radical (unpaired) electrons. The monoisotopic (exact) mass is 262 g/mol. The van der Waals surface area contributed by atoms with Crippen molar-refractivity contribution in [1.82, 2.24) is 0 Å². The van der Waals surface area contributed by atoms with Crippen LogP contribution in [-0.2, 0) is 14.3 Å². The minimum atomic E-state index is -2.36. The van der Waals surface area contributed by atoms with Gasteiger partial charge in [0.05, 0.1) is 0 Å². The van der Waals surface area contributed by atoms with Crippen LogP contribution in [0.3, 0.4) is 0 Å². The van der Waals surface area contributed by atoms with E-state index in [0.717, 1.165) is 0 Å². The Morgan fingerprint density at radius 2 is 1.85 bits per heavy atom. The zero-order chi connectivity index (χ0) is 10.6. The molecule has 0 aliphatic rings. The van der Waals surface area contributed by atoms with Crippen molar-refractivity contribution >= 4 is 59.7 Å². The topological polar surface area (TPSA) is 83.8 Å². The lowest BCUT2D eigenvalue weighted by Crippen LogP contribution is -2.32. The zero-order valence-corrected chi connectivity index (χ0v) is 9.45. The summed E-state index contributed by atoms with van der Waals surface area (Å²) in [5, 5.41) is 16.5. The summed E-state index contributed by atoms with van der Waals surface area (Å²) in [5.74, 6) is -2.63. The number of ether oxygens (including phenoxy) is 1. The zero-order valence-electron chi connectivity index (χ0n) is 5.95. The normalized spacial score (nSPS) is 11.5. The minimum Gasteiger partial charge on any atom is -0.387 e. The molecule has 0 aromatic heterocycles. The quantitative estimate of drug-likeness (QED) is 0.154. The number of carbonyl (C=O) groups excluding carboxylic acids is 2. The maximum Gasteiger partial charge on any atom is 0.370 e. The van der Waals surface area contributed by atoms with Gasteiger partial charge in [0.15, 0.2) is 0 Å². The molecule has 0 unspecified atom stereocenters. The lowest BCUT2D eigenvalue weighted by atomic mass is 10.6. The van der Waals surface area contributed by atoms with Gasteiger partial charge in [0.1, 0.15) is 0 Å². The molecule has 0 aliphatic heterocycles. The van der Waals surface area contributed by atoms with Gasteiger partial charge < -0.3 is 14.9 Å². The summed E-state index contributed by atoms with van der Waals surface area (Å²) in [5.41, 5.74) is 0. The fraction of sp³-hybridized carbons (Fsp3) is 0.500. The molecule has 0 atom stereocenters. The highest BCUT2D eigenvalue weighted by atomic mass is 33.1. The van der Waals surface area contributed by atoms with Gasteiger partial charge in [0.2, 0.25) is 3.41 Å². The predicted molar refractivity (Wildman–Crippen MR) is 56.6 cm³/mol. The molecule has 2 N–H and O–H groups in total. The van der Waals surface area contributed by atoms with Crippen LogP contribution < -0.4 is 0 Å². The molecule has 0 spiro atoms. The molecule has 0 aromatic carbocycles. The Morgan fingerprint density at radius 3 is 2.15 bits per heavy atom. The Morgan fingerprint density at radius 1 is 1.38 bits per heavy atom. The van der Waals surface area contributed by atoms with Gasteiger partial charge in [0.25, 0.3) is 6.29 Å². The van der Waals surface area contributed by atoms with E-state index < -0.39 is 21.6 Å². The summed E-state index contributed by atoms with van der Waals surface area (Å²) in [7, 11) is 0.622. The summed E-state index contributed by atoms with van der Waals surface area (Å²) in [6.07, 6.45) is -2.36. The second kappa shape index (κ2) is 5.37. The molecule has 0 aliphatic carbocycles. The first kappa shape index (κ1) is 13.5. The summed E-state index contributed by atoms with van der Waals surface area (Å²) < 4.78 is 2.35. The molecule has 76 valence electrons. The largest absolute Gasteiger partial charge is 0.387 e. The molecule has 9 heteroatoms. The van der Waals surface area contributed by atoms with E-state index in [0.29, 0.717) is 10.8 Å². The Hall–Kier alpha value is 0.460. The van der Waals surface area contributed by atoms with Crippen molar-refractivity contribution in [3.05, 3.63) is 0 Å². The van der Waals surface area contributed by atoms with Crippen LogP contribution in [0.4, 0.5) is 0 Å². The molecule has 0 rings (SSSR count). The van der Waals surface area contributed by atoms with Crippen LogP contribution in [0.1, 0.15) is 0 Å². The molecule has 5 nitrogen and oxygen atoms in total. The Bertz CT molecular complexity index is 215. The van der Waals surface area contributed by atoms with Gasteiger partial charge in [-0.15, -0.1) is 36.9 Å². The molecule has 0 aromatic rings. The van der Waals surface area contributed by atoms with Crippen molar-refractivity contribution in [2.24, 2.45) is 0 Å². The smallest absolute Gasteiger partial charge is 0.370 e. The lowest BCUT2D eigenvalue weighted by molar-refractivity contribution is -0.179. The standard InChI is InChI=1S/C4H6O5S4/c5-1(6)2(7)9-3(8)4(10,11)13-12/h1,5-6,10-12H. The Balaban J connectivity index is 4.24. The van der Waals surface area contributed by atoms with Gasteiger partial charge >= 0.3 is 11.9 Å². The second-order valence-corrected chi connectivity index (χ2v) is 5.42. The number of hydrogen-bond acceptors (Lipinski definition) is 9. The highest BCUT2D eigenvalue weighted by Gasteiger charge is 2.34. The third-order valence-corrected chi connectivity index (χ3v) is 3.82. The van der Waals surface area contributed by atoms with Crippen LogP contribution in [0.15, 0.2) is 0 Å². The van der Waals surface area contributed by atoms with Crippen molar-refractivity contribution in [2.45, 2.75) is 9.70 Å². The molecule has 0 amide bonds. The number of aliphatic hydroxyl groups is 2.